The highest BCUT2D eigenvalue weighted by atomic mass is 16.6. The number of para-hydroxylation sites is 1. The number of esters is 1. The minimum Gasteiger partial charge on any atom is -0.471 e. The number of carbonyl (C=O) groups is 1. The molecule has 5 nitrogen and oxygen atoms in total. The van der Waals surface area contributed by atoms with Crippen molar-refractivity contribution in [1.29, 1.82) is 0 Å². The van der Waals surface area contributed by atoms with Gasteiger partial charge in [-0.2, -0.15) is 0 Å². The molecule has 0 aliphatic carbocycles. The van der Waals surface area contributed by atoms with Gasteiger partial charge in [0.15, 0.2) is 11.9 Å². The van der Waals surface area contributed by atoms with Gasteiger partial charge in [0.2, 0.25) is 11.2 Å². The molecule has 3 aromatic rings. The molecule has 3 rings (SSSR count). The van der Waals surface area contributed by atoms with Crippen LogP contribution in [0.1, 0.15) is 33.3 Å². The minimum atomic E-state index is -0.943. The lowest BCUT2D eigenvalue weighted by molar-refractivity contribution is -0.147. The highest BCUT2D eigenvalue weighted by Crippen LogP contribution is 2.33. The Kier molecular flexibility index (Phi) is 5.27. The molecule has 0 aliphatic rings. The number of hydrogen-bond donors (Lipinski definition) is 0. The van der Waals surface area contributed by atoms with E-state index in [1.165, 1.54) is 14.0 Å². The fourth-order valence-corrected chi connectivity index (χ4v) is 2.93. The number of fused-ring (bicyclic) bond motifs is 1. The van der Waals surface area contributed by atoms with Gasteiger partial charge in [0, 0.05) is 5.56 Å². The lowest BCUT2D eigenvalue weighted by Gasteiger charge is -2.19. The van der Waals surface area contributed by atoms with Crippen LogP contribution in [0.15, 0.2) is 57.7 Å². The average molecular weight is 380 g/mol. The summed E-state index contributed by atoms with van der Waals surface area (Å²) >= 11 is 0. The topological polar surface area (TPSA) is 65.7 Å². The van der Waals surface area contributed by atoms with E-state index in [1.807, 2.05) is 24.3 Å². The van der Waals surface area contributed by atoms with Crippen molar-refractivity contribution < 1.29 is 18.7 Å². The van der Waals surface area contributed by atoms with E-state index < -0.39 is 12.1 Å². The molecule has 0 saturated carbocycles. The first-order valence-electron chi connectivity index (χ1n) is 9.13. The van der Waals surface area contributed by atoms with Crippen LogP contribution in [0.3, 0.4) is 0 Å². The van der Waals surface area contributed by atoms with E-state index >= 15 is 0 Å². The Hall–Kier alpha value is -3.08. The SMILES string of the molecule is COC(=O)C(C)Oc1c(-c2ccc(C(C)(C)C)cc2)oc2ccccc2c1=O. The molecule has 0 aliphatic heterocycles. The Morgan fingerprint density at radius 2 is 1.68 bits per heavy atom. The molecule has 0 N–H and O–H groups in total. The van der Waals surface area contributed by atoms with E-state index in [0.29, 0.717) is 22.3 Å². The Morgan fingerprint density at radius 1 is 1.04 bits per heavy atom. The Balaban J connectivity index is 2.18. The molecular weight excluding hydrogens is 356 g/mol. The van der Waals surface area contributed by atoms with Crippen molar-refractivity contribution >= 4 is 16.9 Å². The van der Waals surface area contributed by atoms with Crippen molar-refractivity contribution in [3.8, 4) is 17.1 Å². The first kappa shape index (κ1) is 19.7. The summed E-state index contributed by atoms with van der Waals surface area (Å²) in [5.41, 5.74) is 1.99. The van der Waals surface area contributed by atoms with Gasteiger partial charge in [0.05, 0.1) is 12.5 Å². The van der Waals surface area contributed by atoms with Crippen LogP contribution in [0.2, 0.25) is 0 Å². The lowest BCUT2D eigenvalue weighted by Crippen LogP contribution is -2.27. The quantitative estimate of drug-likeness (QED) is 0.614. The van der Waals surface area contributed by atoms with Gasteiger partial charge >= 0.3 is 5.97 Å². The fourth-order valence-electron chi connectivity index (χ4n) is 2.93. The summed E-state index contributed by atoms with van der Waals surface area (Å²) in [6.45, 7) is 7.92. The van der Waals surface area contributed by atoms with Crippen LogP contribution >= 0.6 is 0 Å². The van der Waals surface area contributed by atoms with Crippen LogP contribution in [0.25, 0.3) is 22.3 Å². The predicted octanol–water partition coefficient (Wildman–Crippen LogP) is 4.70. The van der Waals surface area contributed by atoms with Crippen LogP contribution in [0.5, 0.6) is 5.75 Å². The second-order valence-corrected chi connectivity index (χ2v) is 7.70. The number of carbonyl (C=O) groups excluding carboxylic acids is 1. The van der Waals surface area contributed by atoms with Crippen LogP contribution in [0, 0.1) is 0 Å². The van der Waals surface area contributed by atoms with Gasteiger partial charge in [-0.15, -0.1) is 0 Å². The number of ether oxygens (including phenoxy) is 2. The molecular formula is C23H24O5. The number of benzene rings is 2. The fraction of sp³-hybridized carbons (Fsp3) is 0.304. The highest BCUT2D eigenvalue weighted by Gasteiger charge is 2.23. The summed E-state index contributed by atoms with van der Waals surface area (Å²) in [5, 5.41) is 0.393. The third-order valence-corrected chi connectivity index (χ3v) is 4.60. The number of hydrogen-bond acceptors (Lipinski definition) is 5. The summed E-state index contributed by atoms with van der Waals surface area (Å²) in [6, 6.07) is 14.7. The third kappa shape index (κ3) is 3.79. The van der Waals surface area contributed by atoms with Crippen molar-refractivity contribution in [3.63, 3.8) is 0 Å². The summed E-state index contributed by atoms with van der Waals surface area (Å²) in [6.07, 6.45) is -0.943. The minimum absolute atomic E-state index is 0.000101. The number of rotatable bonds is 4. The van der Waals surface area contributed by atoms with Crippen molar-refractivity contribution in [1.82, 2.24) is 0 Å². The summed E-state index contributed by atoms with van der Waals surface area (Å²) in [7, 11) is 1.28. The van der Waals surface area contributed by atoms with Crippen molar-refractivity contribution in [2.75, 3.05) is 7.11 Å². The Bertz CT molecular complexity index is 1060. The van der Waals surface area contributed by atoms with Crippen LogP contribution in [0.4, 0.5) is 0 Å². The molecule has 1 aromatic heterocycles. The maximum atomic E-state index is 13.1. The average Bonchev–Trinajstić information content (AvgIpc) is 2.68. The molecule has 1 heterocycles. The van der Waals surface area contributed by atoms with Crippen LogP contribution < -0.4 is 10.2 Å². The lowest BCUT2D eigenvalue weighted by atomic mass is 9.86. The molecule has 0 radical (unpaired) electrons. The maximum absolute atomic E-state index is 13.1. The van der Waals surface area contributed by atoms with E-state index in [-0.39, 0.29) is 16.6 Å². The van der Waals surface area contributed by atoms with Crippen molar-refractivity contribution in [2.45, 2.75) is 39.2 Å². The summed E-state index contributed by atoms with van der Waals surface area (Å²) in [4.78, 5) is 24.9. The Labute approximate surface area is 163 Å². The first-order valence-corrected chi connectivity index (χ1v) is 9.13. The van der Waals surface area contributed by atoms with Gasteiger partial charge in [-0.05, 0) is 30.0 Å². The highest BCUT2D eigenvalue weighted by molar-refractivity contribution is 5.82. The van der Waals surface area contributed by atoms with E-state index in [9.17, 15) is 9.59 Å². The molecule has 0 fully saturated rings. The van der Waals surface area contributed by atoms with E-state index in [4.69, 9.17) is 13.9 Å². The molecule has 1 atom stereocenters. The van der Waals surface area contributed by atoms with E-state index in [0.717, 1.165) is 5.56 Å². The molecule has 5 heteroatoms. The van der Waals surface area contributed by atoms with Gasteiger partial charge in [0.1, 0.15) is 5.58 Å². The predicted molar refractivity (Wildman–Crippen MR) is 109 cm³/mol. The van der Waals surface area contributed by atoms with Crippen molar-refractivity contribution in [3.05, 3.63) is 64.3 Å². The third-order valence-electron chi connectivity index (χ3n) is 4.60. The standard InChI is InChI=1S/C23H24O5/c1-14(22(25)26-5)27-21-19(24)17-8-6-7-9-18(17)28-20(21)15-10-12-16(13-11-15)23(2,3)4/h6-14H,1-5H3. The molecule has 28 heavy (non-hydrogen) atoms. The van der Waals surface area contributed by atoms with E-state index in [2.05, 4.69) is 20.8 Å². The molecule has 1 unspecified atom stereocenters. The van der Waals surface area contributed by atoms with Gasteiger partial charge in [-0.25, -0.2) is 4.79 Å². The zero-order valence-corrected chi connectivity index (χ0v) is 16.7. The molecule has 0 spiro atoms. The molecule has 0 saturated heterocycles. The van der Waals surface area contributed by atoms with Crippen LogP contribution in [-0.4, -0.2) is 19.2 Å². The second-order valence-electron chi connectivity index (χ2n) is 7.70. The second kappa shape index (κ2) is 7.50. The monoisotopic (exact) mass is 380 g/mol. The molecule has 0 amide bonds. The van der Waals surface area contributed by atoms with Gasteiger partial charge in [-0.1, -0.05) is 57.2 Å². The molecule has 2 aromatic carbocycles. The van der Waals surface area contributed by atoms with Gasteiger partial charge in [-0.3, -0.25) is 4.79 Å². The molecule has 0 bridgehead atoms. The Morgan fingerprint density at radius 3 is 2.29 bits per heavy atom. The van der Waals surface area contributed by atoms with E-state index in [1.54, 1.807) is 24.3 Å². The van der Waals surface area contributed by atoms with Crippen LogP contribution in [-0.2, 0) is 14.9 Å². The maximum Gasteiger partial charge on any atom is 0.346 e. The molecule has 146 valence electrons. The largest absolute Gasteiger partial charge is 0.471 e. The number of methoxy groups -OCH3 is 1. The van der Waals surface area contributed by atoms with Gasteiger partial charge < -0.3 is 13.9 Å². The first-order chi connectivity index (χ1) is 13.2. The smallest absolute Gasteiger partial charge is 0.346 e. The normalized spacial score (nSPS) is 12.6. The zero-order valence-electron chi connectivity index (χ0n) is 16.7. The zero-order chi connectivity index (χ0) is 20.5. The van der Waals surface area contributed by atoms with Gasteiger partial charge in [0.25, 0.3) is 0 Å². The summed E-state index contributed by atoms with van der Waals surface area (Å²) in [5.74, 6) is -0.276. The summed E-state index contributed by atoms with van der Waals surface area (Å²) < 4.78 is 16.4. The van der Waals surface area contributed by atoms with Crippen molar-refractivity contribution in [2.24, 2.45) is 0 Å².